The van der Waals surface area contributed by atoms with Gasteiger partial charge in [0.1, 0.15) is 0 Å². The van der Waals surface area contributed by atoms with Crippen LogP contribution in [0.15, 0.2) is 24.3 Å². The number of rotatable bonds is 3. The van der Waals surface area contributed by atoms with Crippen molar-refractivity contribution in [1.29, 1.82) is 0 Å². The highest BCUT2D eigenvalue weighted by Gasteiger charge is 2.37. The van der Waals surface area contributed by atoms with Gasteiger partial charge in [-0.05, 0) is 24.3 Å². The number of methoxy groups -OCH3 is 1. The van der Waals surface area contributed by atoms with E-state index < -0.39 is 18.4 Å². The summed E-state index contributed by atoms with van der Waals surface area (Å²) in [4.78, 5) is 25.2. The summed E-state index contributed by atoms with van der Waals surface area (Å²) < 4.78 is 40.5. The Bertz CT molecular complexity index is 471. The van der Waals surface area contributed by atoms with Crippen molar-refractivity contribution in [2.45, 2.75) is 6.36 Å². The van der Waals surface area contributed by atoms with Crippen molar-refractivity contribution < 1.29 is 37.4 Å². The van der Waals surface area contributed by atoms with Crippen LogP contribution in [0.25, 0.3) is 0 Å². The van der Waals surface area contributed by atoms with Gasteiger partial charge in [0.05, 0.1) is 18.4 Å². The number of hydroxylamine groups is 1. The van der Waals surface area contributed by atoms with E-state index in [4.69, 9.17) is 5.11 Å². The normalized spacial score (nSPS) is 10.9. The first-order chi connectivity index (χ1) is 8.74. The number of carbonyl (C=O) groups excluding carboxylic acids is 1. The summed E-state index contributed by atoms with van der Waals surface area (Å²) in [5.74, 6) is -1.26. The van der Waals surface area contributed by atoms with Crippen LogP contribution < -0.4 is 5.06 Å². The number of alkyl halides is 3. The van der Waals surface area contributed by atoms with Crippen molar-refractivity contribution >= 4 is 17.7 Å². The molecule has 0 radical (unpaired) electrons. The minimum absolute atomic E-state index is 0.133. The lowest BCUT2D eigenvalue weighted by molar-refractivity contribution is -0.326. The number of aromatic carboxylic acids is 1. The van der Waals surface area contributed by atoms with Gasteiger partial charge >= 0.3 is 18.4 Å². The molecule has 0 atom stereocenters. The van der Waals surface area contributed by atoms with E-state index in [1.54, 1.807) is 0 Å². The number of benzene rings is 1. The topological polar surface area (TPSA) is 76.1 Å². The van der Waals surface area contributed by atoms with Crippen LogP contribution in [0.5, 0.6) is 0 Å². The van der Waals surface area contributed by atoms with Gasteiger partial charge in [-0.1, -0.05) is 0 Å². The van der Waals surface area contributed by atoms with E-state index in [-0.39, 0.29) is 16.3 Å². The van der Waals surface area contributed by atoms with Gasteiger partial charge in [0, 0.05) is 0 Å². The Morgan fingerprint density at radius 2 is 1.74 bits per heavy atom. The lowest BCUT2D eigenvalue weighted by atomic mass is 10.2. The maximum absolute atomic E-state index is 12.1. The van der Waals surface area contributed by atoms with Crippen LogP contribution in [0, 0.1) is 0 Å². The molecule has 104 valence electrons. The Hall–Kier alpha value is -2.29. The molecule has 0 aromatic heterocycles. The first-order valence-electron chi connectivity index (χ1n) is 4.72. The van der Waals surface area contributed by atoms with Gasteiger partial charge in [-0.25, -0.2) is 9.59 Å². The predicted octanol–water partition coefficient (Wildman–Crippen LogP) is 2.41. The second-order valence-electron chi connectivity index (χ2n) is 3.15. The molecular weight excluding hydrogens is 271 g/mol. The van der Waals surface area contributed by atoms with Crippen LogP contribution in [0.2, 0.25) is 0 Å². The maximum atomic E-state index is 12.1. The van der Waals surface area contributed by atoms with Crippen molar-refractivity contribution in [3.05, 3.63) is 29.8 Å². The van der Waals surface area contributed by atoms with Gasteiger partial charge < -0.3 is 9.84 Å². The molecule has 0 unspecified atom stereocenters. The highest BCUT2D eigenvalue weighted by molar-refractivity contribution is 5.89. The van der Waals surface area contributed by atoms with Gasteiger partial charge in [-0.15, -0.1) is 18.2 Å². The summed E-state index contributed by atoms with van der Waals surface area (Å²) in [6, 6.07) is 4.00. The van der Waals surface area contributed by atoms with Crippen LogP contribution in [0.4, 0.5) is 23.7 Å². The van der Waals surface area contributed by atoms with Crippen molar-refractivity contribution in [1.82, 2.24) is 0 Å². The number of halogens is 3. The largest absolute Gasteiger partial charge is 0.544 e. The second kappa shape index (κ2) is 5.57. The lowest BCUT2D eigenvalue weighted by Crippen LogP contribution is -2.36. The Kier molecular flexibility index (Phi) is 4.33. The molecule has 0 saturated carbocycles. The first-order valence-corrected chi connectivity index (χ1v) is 4.72. The number of amides is 1. The van der Waals surface area contributed by atoms with E-state index in [0.717, 1.165) is 31.4 Å². The third-order valence-corrected chi connectivity index (χ3v) is 1.88. The molecule has 1 N–H and O–H groups in total. The van der Waals surface area contributed by atoms with Gasteiger partial charge in [0.2, 0.25) is 0 Å². The third-order valence-electron chi connectivity index (χ3n) is 1.88. The molecule has 0 aliphatic carbocycles. The van der Waals surface area contributed by atoms with Crippen molar-refractivity contribution in [3.63, 3.8) is 0 Å². The molecule has 0 aliphatic heterocycles. The monoisotopic (exact) mass is 279 g/mol. The van der Waals surface area contributed by atoms with Crippen molar-refractivity contribution in [2.75, 3.05) is 12.2 Å². The average Bonchev–Trinajstić information content (AvgIpc) is 2.34. The molecule has 1 aromatic carbocycles. The highest BCUT2D eigenvalue weighted by Crippen LogP contribution is 2.24. The number of carboxylic acid groups (broad SMARTS) is 1. The zero-order chi connectivity index (χ0) is 14.6. The standard InChI is InChI=1S/C10H8F3NO5/c1-18-9(17)14(19-10(11,12)13)7-4-2-6(3-5-7)8(15)16/h2-5H,1H3,(H,15,16). The number of nitrogens with zero attached hydrogens (tertiary/aromatic N) is 1. The molecule has 1 amide bonds. The minimum atomic E-state index is -5.10. The zero-order valence-electron chi connectivity index (χ0n) is 9.47. The summed E-state index contributed by atoms with van der Waals surface area (Å²) in [5, 5.41) is 8.51. The van der Waals surface area contributed by atoms with Gasteiger partial charge in [0.15, 0.2) is 0 Å². The smallest absolute Gasteiger partial charge is 0.478 e. The number of hydrogen-bond donors (Lipinski definition) is 1. The molecule has 1 aromatic rings. The Labute approximate surface area is 104 Å². The van der Waals surface area contributed by atoms with E-state index in [1.807, 2.05) is 0 Å². The van der Waals surface area contributed by atoms with Crippen LogP contribution in [-0.4, -0.2) is 30.6 Å². The molecule has 0 fully saturated rings. The zero-order valence-corrected chi connectivity index (χ0v) is 9.47. The maximum Gasteiger partial charge on any atom is 0.544 e. The van der Waals surface area contributed by atoms with Crippen LogP contribution >= 0.6 is 0 Å². The average molecular weight is 279 g/mol. The fourth-order valence-corrected chi connectivity index (χ4v) is 1.12. The van der Waals surface area contributed by atoms with E-state index in [2.05, 4.69) is 9.57 Å². The predicted molar refractivity (Wildman–Crippen MR) is 55.4 cm³/mol. The van der Waals surface area contributed by atoms with Crippen LogP contribution in [0.1, 0.15) is 10.4 Å². The summed E-state index contributed by atoms with van der Waals surface area (Å²) >= 11 is 0. The number of anilines is 1. The number of carbonyl (C=O) groups is 2. The van der Waals surface area contributed by atoms with Crippen molar-refractivity contribution in [2.24, 2.45) is 0 Å². The molecule has 1 rings (SSSR count). The number of ether oxygens (including phenoxy) is 1. The molecule has 0 bridgehead atoms. The summed E-state index contributed by atoms with van der Waals surface area (Å²) in [6.45, 7) is 0. The molecule has 0 heterocycles. The molecule has 9 heteroatoms. The van der Waals surface area contributed by atoms with Gasteiger partial charge in [-0.3, -0.25) is 0 Å². The van der Waals surface area contributed by atoms with E-state index in [0.29, 0.717) is 0 Å². The summed E-state index contributed by atoms with van der Waals surface area (Å²) in [6.07, 6.45) is -6.50. The second-order valence-corrected chi connectivity index (χ2v) is 3.15. The third kappa shape index (κ3) is 4.14. The molecule has 0 aliphatic rings. The minimum Gasteiger partial charge on any atom is -0.478 e. The molecule has 0 saturated heterocycles. The first kappa shape index (κ1) is 14.8. The van der Waals surface area contributed by atoms with E-state index in [9.17, 15) is 22.8 Å². The van der Waals surface area contributed by atoms with E-state index >= 15 is 0 Å². The Balaban J connectivity index is 3.04. The lowest BCUT2D eigenvalue weighted by Gasteiger charge is -2.21. The molecule has 19 heavy (non-hydrogen) atoms. The fraction of sp³-hybridized carbons (Fsp3) is 0.200. The van der Waals surface area contributed by atoms with Gasteiger partial charge in [-0.2, -0.15) is 4.84 Å². The molecule has 0 spiro atoms. The van der Waals surface area contributed by atoms with Crippen LogP contribution in [0.3, 0.4) is 0 Å². The Morgan fingerprint density at radius 1 is 1.21 bits per heavy atom. The quantitative estimate of drug-likeness (QED) is 0.860. The number of hydrogen-bond acceptors (Lipinski definition) is 4. The highest BCUT2D eigenvalue weighted by atomic mass is 19.4. The van der Waals surface area contributed by atoms with E-state index in [1.165, 1.54) is 0 Å². The number of carboxylic acids is 1. The van der Waals surface area contributed by atoms with Crippen molar-refractivity contribution in [3.8, 4) is 0 Å². The Morgan fingerprint density at radius 3 is 2.11 bits per heavy atom. The summed E-state index contributed by atoms with van der Waals surface area (Å²) in [7, 11) is 0.876. The fourth-order valence-electron chi connectivity index (χ4n) is 1.12. The SMILES string of the molecule is COC(=O)N(OC(F)(F)F)c1ccc(C(=O)O)cc1. The molecular formula is C10H8F3NO5. The summed E-state index contributed by atoms with van der Waals surface area (Å²) in [5.41, 5.74) is -0.477. The van der Waals surface area contributed by atoms with Crippen LogP contribution in [-0.2, 0) is 9.57 Å². The molecule has 6 nitrogen and oxygen atoms in total. The van der Waals surface area contributed by atoms with Gasteiger partial charge in [0.25, 0.3) is 0 Å².